The third-order valence-corrected chi connectivity index (χ3v) is 4.48. The Labute approximate surface area is 169 Å². The summed E-state index contributed by atoms with van der Waals surface area (Å²) in [6, 6.07) is 5.61. The van der Waals surface area contributed by atoms with Crippen LogP contribution in [0, 0.1) is 0 Å². The van der Waals surface area contributed by atoms with E-state index in [1.54, 1.807) is 0 Å². The lowest BCUT2D eigenvalue weighted by molar-refractivity contribution is -0.137. The number of carbonyl (C=O) groups excluding carboxylic acids is 1. The Morgan fingerprint density at radius 2 is 1.68 bits per heavy atom. The normalized spacial score (nSPS) is 13.0. The van der Waals surface area contributed by atoms with Gasteiger partial charge in [0.1, 0.15) is 0 Å². The van der Waals surface area contributed by atoms with Gasteiger partial charge in [-0.2, -0.15) is 26.3 Å². The molecule has 150 valence electrons. The van der Waals surface area contributed by atoms with Crippen molar-refractivity contribution in [3.63, 3.8) is 0 Å². The molecule has 0 saturated heterocycles. The van der Waals surface area contributed by atoms with Gasteiger partial charge in [-0.1, -0.05) is 39.7 Å². The second-order valence-corrected chi connectivity index (χ2v) is 6.98. The maximum atomic E-state index is 13.5. The van der Waals surface area contributed by atoms with E-state index in [1.165, 1.54) is 12.1 Å². The fourth-order valence-corrected chi connectivity index (χ4v) is 3.07. The summed E-state index contributed by atoms with van der Waals surface area (Å²) in [5.41, 5.74) is 2.16. The molecule has 0 radical (unpaired) electrons. The van der Waals surface area contributed by atoms with Gasteiger partial charge in [0.15, 0.2) is 5.78 Å². The molecule has 0 atom stereocenters. The van der Waals surface area contributed by atoms with Gasteiger partial charge in [0.2, 0.25) is 0 Å². The first-order valence-corrected chi connectivity index (χ1v) is 8.70. The molecule has 0 heterocycles. The van der Waals surface area contributed by atoms with Crippen LogP contribution in [-0.4, -0.2) is 12.0 Å². The van der Waals surface area contributed by atoms with Crippen molar-refractivity contribution in [3.8, 4) is 0 Å². The lowest BCUT2D eigenvalue weighted by Gasteiger charge is -2.15. The van der Waals surface area contributed by atoms with E-state index in [1.807, 2.05) is 0 Å². The summed E-state index contributed by atoms with van der Waals surface area (Å²) in [6.07, 6.45) is -9.68. The van der Waals surface area contributed by atoms with E-state index in [2.05, 4.69) is 15.9 Å². The van der Waals surface area contributed by atoms with Crippen molar-refractivity contribution in [1.29, 1.82) is 0 Å². The Morgan fingerprint density at radius 3 is 2.18 bits per heavy atom. The molecular weight excluding hydrogens is 476 g/mol. The summed E-state index contributed by atoms with van der Waals surface area (Å²) in [6.45, 7) is 0.0647. The number of alkyl halides is 6. The van der Waals surface area contributed by atoms with Crippen LogP contribution in [0.3, 0.4) is 0 Å². The maximum absolute atomic E-state index is 13.5. The van der Waals surface area contributed by atoms with Crippen molar-refractivity contribution in [1.82, 2.24) is 0 Å². The van der Waals surface area contributed by atoms with Gasteiger partial charge in [-0.15, -0.1) is 0 Å². The quantitative estimate of drug-likeness (QED) is 0.308. The van der Waals surface area contributed by atoms with Crippen LogP contribution in [0.15, 0.2) is 46.9 Å². The second kappa shape index (κ2) is 8.26. The Hall–Kier alpha value is -1.84. The number of hydrogen-bond donors (Lipinski definition) is 1. The Kier molecular flexibility index (Phi) is 6.62. The number of allylic oxidation sites excluding steroid dienone is 2. The van der Waals surface area contributed by atoms with Crippen LogP contribution in [0.4, 0.5) is 26.3 Å². The number of rotatable bonds is 4. The van der Waals surface area contributed by atoms with E-state index < -0.39 is 34.8 Å². The smallest absolute Gasteiger partial charge is 0.326 e. The SMILES string of the molecule is NCc1ccc(C(=O)/C=C(/c2cc(Br)cc(C(F)(F)F)c2)C(F)(F)F)cc1Cl. The Bertz CT molecular complexity index is 937. The number of halogens is 8. The predicted octanol–water partition coefficient (Wildman–Crippen LogP) is 6.41. The van der Waals surface area contributed by atoms with Crippen molar-refractivity contribution in [2.45, 2.75) is 18.9 Å². The van der Waals surface area contributed by atoms with Crippen LogP contribution in [0.2, 0.25) is 5.02 Å². The number of hydrogen-bond acceptors (Lipinski definition) is 2. The minimum atomic E-state index is -5.07. The first-order valence-electron chi connectivity index (χ1n) is 7.53. The third-order valence-electron chi connectivity index (χ3n) is 3.67. The first kappa shape index (κ1) is 22.4. The molecule has 0 unspecified atom stereocenters. The van der Waals surface area contributed by atoms with E-state index in [0.717, 1.165) is 12.1 Å². The van der Waals surface area contributed by atoms with Gasteiger partial charge in [0.25, 0.3) is 0 Å². The van der Waals surface area contributed by atoms with Gasteiger partial charge < -0.3 is 5.73 Å². The second-order valence-electron chi connectivity index (χ2n) is 5.66. The Balaban J connectivity index is 2.58. The summed E-state index contributed by atoms with van der Waals surface area (Å²) >= 11 is 8.67. The van der Waals surface area contributed by atoms with E-state index in [9.17, 15) is 31.1 Å². The molecule has 0 aliphatic carbocycles. The predicted molar refractivity (Wildman–Crippen MR) is 96.8 cm³/mol. The summed E-state index contributed by atoms with van der Waals surface area (Å²) < 4.78 is 79.0. The minimum Gasteiger partial charge on any atom is -0.326 e. The number of nitrogens with two attached hydrogens (primary N) is 1. The first-order chi connectivity index (χ1) is 12.8. The molecular formula is C18H11BrClF6NO. The molecule has 2 aromatic rings. The molecule has 28 heavy (non-hydrogen) atoms. The molecule has 0 spiro atoms. The molecule has 10 heteroatoms. The van der Waals surface area contributed by atoms with Gasteiger partial charge in [-0.05, 0) is 41.5 Å². The zero-order chi connectivity index (χ0) is 21.3. The lowest BCUT2D eigenvalue weighted by atomic mass is 9.99. The summed E-state index contributed by atoms with van der Waals surface area (Å²) in [5.74, 6) is -1.06. The standard InChI is InChI=1S/C18H11BrClF6NO/c19-13-4-11(3-12(6-13)17(21,22)23)14(18(24,25)26)7-16(28)9-1-2-10(8-27)15(20)5-9/h1-7H,8,27H2/b14-7-. The maximum Gasteiger partial charge on any atom is 0.417 e. The highest BCUT2D eigenvalue weighted by Crippen LogP contribution is 2.39. The van der Waals surface area contributed by atoms with Crippen molar-refractivity contribution < 1.29 is 31.1 Å². The van der Waals surface area contributed by atoms with Crippen molar-refractivity contribution >= 4 is 38.9 Å². The van der Waals surface area contributed by atoms with Gasteiger partial charge in [-0.25, -0.2) is 0 Å². The van der Waals surface area contributed by atoms with Gasteiger partial charge in [0, 0.05) is 21.6 Å². The average molecular weight is 487 g/mol. The fourth-order valence-electron chi connectivity index (χ4n) is 2.32. The van der Waals surface area contributed by atoms with Crippen LogP contribution >= 0.6 is 27.5 Å². The zero-order valence-corrected chi connectivity index (χ0v) is 16.1. The van der Waals surface area contributed by atoms with Gasteiger partial charge in [-0.3, -0.25) is 4.79 Å². The highest BCUT2D eigenvalue weighted by molar-refractivity contribution is 9.10. The minimum absolute atomic E-state index is 0.0647. The van der Waals surface area contributed by atoms with Crippen LogP contribution in [0.5, 0.6) is 0 Å². The van der Waals surface area contributed by atoms with E-state index >= 15 is 0 Å². The highest BCUT2D eigenvalue weighted by atomic mass is 79.9. The highest BCUT2D eigenvalue weighted by Gasteiger charge is 2.38. The third kappa shape index (κ3) is 5.36. The molecule has 2 rings (SSSR count). The van der Waals surface area contributed by atoms with E-state index in [4.69, 9.17) is 17.3 Å². The van der Waals surface area contributed by atoms with Crippen molar-refractivity contribution in [2.24, 2.45) is 5.73 Å². The fraction of sp³-hybridized carbons (Fsp3) is 0.167. The number of benzene rings is 2. The van der Waals surface area contributed by atoms with Crippen LogP contribution < -0.4 is 5.73 Å². The molecule has 0 bridgehead atoms. The Morgan fingerprint density at radius 1 is 1.04 bits per heavy atom. The average Bonchev–Trinajstić information content (AvgIpc) is 2.57. The largest absolute Gasteiger partial charge is 0.417 e. The molecule has 2 N–H and O–H groups in total. The molecule has 0 fully saturated rings. The monoisotopic (exact) mass is 485 g/mol. The summed E-state index contributed by atoms with van der Waals surface area (Å²) in [7, 11) is 0. The molecule has 0 saturated carbocycles. The topological polar surface area (TPSA) is 43.1 Å². The summed E-state index contributed by atoms with van der Waals surface area (Å²) in [4.78, 5) is 12.3. The molecule has 0 aliphatic heterocycles. The molecule has 0 aliphatic rings. The van der Waals surface area contributed by atoms with E-state index in [0.29, 0.717) is 17.7 Å². The van der Waals surface area contributed by atoms with Crippen LogP contribution in [0.25, 0.3) is 5.57 Å². The molecule has 2 nitrogen and oxygen atoms in total. The van der Waals surface area contributed by atoms with Gasteiger partial charge >= 0.3 is 12.4 Å². The summed E-state index contributed by atoms with van der Waals surface area (Å²) in [5, 5.41) is 0.0946. The number of carbonyl (C=O) groups is 1. The van der Waals surface area contributed by atoms with Gasteiger partial charge in [0.05, 0.1) is 11.1 Å². The van der Waals surface area contributed by atoms with Crippen molar-refractivity contribution in [2.75, 3.05) is 0 Å². The van der Waals surface area contributed by atoms with Crippen LogP contribution in [-0.2, 0) is 12.7 Å². The molecule has 0 amide bonds. The molecule has 0 aromatic heterocycles. The van der Waals surface area contributed by atoms with E-state index in [-0.39, 0.29) is 27.7 Å². The number of ketones is 1. The molecule has 2 aromatic carbocycles. The zero-order valence-electron chi connectivity index (χ0n) is 13.8. The van der Waals surface area contributed by atoms with Crippen LogP contribution in [0.1, 0.15) is 27.0 Å². The van der Waals surface area contributed by atoms with Crippen molar-refractivity contribution in [3.05, 3.63) is 74.2 Å². The lowest BCUT2D eigenvalue weighted by Crippen LogP contribution is -2.14.